The number of benzene rings is 3. The lowest BCUT2D eigenvalue weighted by molar-refractivity contribution is -0.185. The van der Waals surface area contributed by atoms with Crippen LogP contribution in [0.15, 0.2) is 104 Å². The smallest absolute Gasteiger partial charge is 0.186 e. The molecule has 36 heavy (non-hydrogen) atoms. The fraction of sp³-hybridized carbons (Fsp3) is 0.355. The van der Waals surface area contributed by atoms with E-state index in [0.717, 1.165) is 29.5 Å². The molecule has 1 fully saturated rings. The summed E-state index contributed by atoms with van der Waals surface area (Å²) in [5.74, 6) is 0. The molecule has 4 atom stereocenters. The maximum Gasteiger partial charge on any atom is 0.186 e. The molecule has 5 nitrogen and oxygen atoms in total. The van der Waals surface area contributed by atoms with Gasteiger partial charge in [0.15, 0.2) is 6.29 Å². The first-order valence-corrected chi connectivity index (χ1v) is 12.6. The molecule has 0 spiro atoms. The average Bonchev–Trinajstić information content (AvgIpc) is 3.26. The van der Waals surface area contributed by atoms with Gasteiger partial charge in [-0.05, 0) is 29.5 Å². The van der Waals surface area contributed by atoms with Gasteiger partial charge >= 0.3 is 0 Å². The van der Waals surface area contributed by atoms with Crippen LogP contribution < -0.4 is 0 Å². The van der Waals surface area contributed by atoms with Crippen molar-refractivity contribution in [1.82, 2.24) is 0 Å². The summed E-state index contributed by atoms with van der Waals surface area (Å²) in [5, 5.41) is 0. The van der Waals surface area contributed by atoms with Crippen LogP contribution in [0.3, 0.4) is 0 Å². The predicted octanol–water partition coefficient (Wildman–Crippen LogP) is 6.08. The van der Waals surface area contributed by atoms with Gasteiger partial charge in [0.1, 0.15) is 18.3 Å². The lowest BCUT2D eigenvalue weighted by Crippen LogP contribution is -2.39. The summed E-state index contributed by atoms with van der Waals surface area (Å²) in [6, 6.07) is 30.4. The van der Waals surface area contributed by atoms with Gasteiger partial charge in [-0.15, -0.1) is 6.58 Å². The summed E-state index contributed by atoms with van der Waals surface area (Å²) >= 11 is 0. The van der Waals surface area contributed by atoms with Crippen molar-refractivity contribution in [1.29, 1.82) is 0 Å². The highest BCUT2D eigenvalue weighted by Crippen LogP contribution is 2.30. The van der Waals surface area contributed by atoms with Crippen LogP contribution in [0.4, 0.5) is 0 Å². The molecular weight excluding hydrogens is 452 g/mol. The Morgan fingerprint density at radius 3 is 1.75 bits per heavy atom. The van der Waals surface area contributed by atoms with E-state index in [1.54, 1.807) is 0 Å². The number of ether oxygens (including phenoxy) is 5. The van der Waals surface area contributed by atoms with Crippen molar-refractivity contribution in [3.8, 4) is 0 Å². The zero-order valence-electron chi connectivity index (χ0n) is 20.7. The highest BCUT2D eigenvalue weighted by atomic mass is 16.7. The largest absolute Gasteiger partial charge is 0.374 e. The third-order valence-electron chi connectivity index (χ3n) is 6.07. The summed E-state index contributed by atoms with van der Waals surface area (Å²) in [4.78, 5) is 0. The summed E-state index contributed by atoms with van der Waals surface area (Å²) in [7, 11) is 0. The molecule has 3 aromatic carbocycles. The molecule has 3 aromatic rings. The van der Waals surface area contributed by atoms with Crippen molar-refractivity contribution < 1.29 is 23.7 Å². The first-order valence-electron chi connectivity index (χ1n) is 12.6. The molecule has 1 heterocycles. The van der Waals surface area contributed by atoms with Crippen LogP contribution in [-0.4, -0.2) is 37.8 Å². The Morgan fingerprint density at radius 1 is 0.667 bits per heavy atom. The Kier molecular flexibility index (Phi) is 10.7. The molecule has 0 radical (unpaired) electrons. The standard InChI is InChI=1S/C31H36O5/c1-2-3-13-20-33-31-30(35-23-27-18-11-6-12-19-27)29(34-22-26-16-9-5-10-17-26)28(36-31)24-32-21-25-14-7-4-8-15-25/h2,4-12,14-19,28-31H,1,3,13,20-24H2/t28-,29-,30+,31+/m1/s1. The highest BCUT2D eigenvalue weighted by Gasteiger charge is 2.47. The first-order chi connectivity index (χ1) is 17.8. The summed E-state index contributed by atoms with van der Waals surface area (Å²) < 4.78 is 31.4. The van der Waals surface area contributed by atoms with Crippen molar-refractivity contribution in [3.63, 3.8) is 0 Å². The van der Waals surface area contributed by atoms with Crippen LogP contribution in [0.2, 0.25) is 0 Å². The number of rotatable bonds is 15. The maximum atomic E-state index is 6.44. The van der Waals surface area contributed by atoms with Crippen molar-refractivity contribution in [2.45, 2.75) is 57.3 Å². The summed E-state index contributed by atoms with van der Waals surface area (Å²) in [6.07, 6.45) is 2.08. The highest BCUT2D eigenvalue weighted by molar-refractivity contribution is 5.15. The minimum Gasteiger partial charge on any atom is -0.374 e. The molecule has 4 rings (SSSR count). The van der Waals surface area contributed by atoms with Crippen LogP contribution in [0.5, 0.6) is 0 Å². The number of hydrogen-bond acceptors (Lipinski definition) is 5. The van der Waals surface area contributed by atoms with E-state index in [4.69, 9.17) is 23.7 Å². The van der Waals surface area contributed by atoms with E-state index in [-0.39, 0.29) is 18.3 Å². The van der Waals surface area contributed by atoms with E-state index < -0.39 is 6.29 Å². The predicted molar refractivity (Wildman–Crippen MR) is 140 cm³/mol. The topological polar surface area (TPSA) is 46.2 Å². The maximum absolute atomic E-state index is 6.44. The molecule has 0 aliphatic carbocycles. The van der Waals surface area contributed by atoms with Crippen LogP contribution >= 0.6 is 0 Å². The van der Waals surface area contributed by atoms with Gasteiger partial charge in [0.2, 0.25) is 0 Å². The number of hydrogen-bond donors (Lipinski definition) is 0. The van der Waals surface area contributed by atoms with Crippen molar-refractivity contribution in [2.24, 2.45) is 0 Å². The molecule has 0 bridgehead atoms. The van der Waals surface area contributed by atoms with Crippen LogP contribution in [0.25, 0.3) is 0 Å². The molecule has 5 heteroatoms. The Hall–Kier alpha value is -2.80. The molecular formula is C31H36O5. The van der Waals surface area contributed by atoms with Crippen LogP contribution in [0.1, 0.15) is 29.5 Å². The molecule has 1 aliphatic rings. The Labute approximate surface area is 214 Å². The zero-order chi connectivity index (χ0) is 24.8. The lowest BCUT2D eigenvalue weighted by atomic mass is 10.1. The molecule has 190 valence electrons. The van der Waals surface area contributed by atoms with Gasteiger partial charge in [-0.1, -0.05) is 97.1 Å². The minimum absolute atomic E-state index is 0.317. The van der Waals surface area contributed by atoms with Crippen LogP contribution in [0, 0.1) is 0 Å². The van der Waals surface area contributed by atoms with Gasteiger partial charge in [0, 0.05) is 0 Å². The Bertz CT molecular complexity index is 995. The fourth-order valence-electron chi connectivity index (χ4n) is 4.17. The van der Waals surface area contributed by atoms with Gasteiger partial charge < -0.3 is 23.7 Å². The van der Waals surface area contributed by atoms with Gasteiger partial charge in [-0.25, -0.2) is 0 Å². The Balaban J connectivity index is 1.45. The molecule has 0 saturated carbocycles. The fourth-order valence-corrected chi connectivity index (χ4v) is 4.17. The minimum atomic E-state index is -0.537. The van der Waals surface area contributed by atoms with Crippen molar-refractivity contribution in [3.05, 3.63) is 120 Å². The third kappa shape index (κ3) is 8.12. The molecule has 0 N–H and O–H groups in total. The summed E-state index contributed by atoms with van der Waals surface area (Å²) in [6.45, 7) is 6.15. The van der Waals surface area contributed by atoms with Gasteiger partial charge in [-0.2, -0.15) is 0 Å². The van der Waals surface area contributed by atoms with E-state index in [1.807, 2.05) is 60.7 Å². The lowest BCUT2D eigenvalue weighted by Gasteiger charge is -2.25. The van der Waals surface area contributed by atoms with E-state index in [0.29, 0.717) is 33.0 Å². The number of unbranched alkanes of at least 4 members (excludes halogenated alkanes) is 1. The van der Waals surface area contributed by atoms with Gasteiger partial charge in [0.25, 0.3) is 0 Å². The molecule has 0 amide bonds. The second kappa shape index (κ2) is 14.7. The average molecular weight is 489 g/mol. The van der Waals surface area contributed by atoms with E-state index in [2.05, 4.69) is 43.0 Å². The van der Waals surface area contributed by atoms with E-state index >= 15 is 0 Å². The monoisotopic (exact) mass is 488 g/mol. The van der Waals surface area contributed by atoms with Crippen LogP contribution in [-0.2, 0) is 43.5 Å². The van der Waals surface area contributed by atoms with E-state index in [1.165, 1.54) is 0 Å². The second-order valence-electron chi connectivity index (χ2n) is 8.87. The first kappa shape index (κ1) is 26.3. The van der Waals surface area contributed by atoms with Crippen molar-refractivity contribution in [2.75, 3.05) is 13.2 Å². The van der Waals surface area contributed by atoms with E-state index in [9.17, 15) is 0 Å². The SMILES string of the molecule is C=CCCCO[C@H]1O[C@H](COCc2ccccc2)[C@@H](OCc2ccccc2)[C@@H]1OCc1ccccc1. The molecule has 0 unspecified atom stereocenters. The number of allylic oxidation sites excluding steroid dienone is 1. The third-order valence-corrected chi connectivity index (χ3v) is 6.07. The van der Waals surface area contributed by atoms with Gasteiger partial charge in [-0.3, -0.25) is 0 Å². The molecule has 0 aromatic heterocycles. The summed E-state index contributed by atoms with van der Waals surface area (Å²) in [5.41, 5.74) is 3.30. The molecule has 1 saturated heterocycles. The van der Waals surface area contributed by atoms with Crippen molar-refractivity contribution >= 4 is 0 Å². The normalized spacial score (nSPS) is 21.4. The Morgan fingerprint density at radius 2 is 1.19 bits per heavy atom. The quantitative estimate of drug-likeness (QED) is 0.192. The second-order valence-corrected chi connectivity index (χ2v) is 8.87. The zero-order valence-corrected chi connectivity index (χ0v) is 20.7. The molecule has 1 aliphatic heterocycles. The van der Waals surface area contributed by atoms with Gasteiger partial charge in [0.05, 0.1) is 33.0 Å².